The van der Waals surface area contributed by atoms with Crippen LogP contribution in [0.15, 0.2) is 0 Å². The van der Waals surface area contributed by atoms with E-state index in [0.29, 0.717) is 23.8 Å². The van der Waals surface area contributed by atoms with E-state index >= 15 is 0 Å². The summed E-state index contributed by atoms with van der Waals surface area (Å²) in [6, 6.07) is -2.85. The van der Waals surface area contributed by atoms with Gasteiger partial charge in [-0.2, -0.15) is 26.3 Å². The molecule has 1 unspecified atom stereocenters. The van der Waals surface area contributed by atoms with Crippen LogP contribution < -0.4 is 0 Å². The molecule has 2 heterocycles. The maximum absolute atomic E-state index is 12.9. The van der Waals surface area contributed by atoms with E-state index in [4.69, 9.17) is 0 Å². The Kier molecular flexibility index (Phi) is 7.88. The van der Waals surface area contributed by atoms with Crippen LogP contribution in [0.4, 0.5) is 26.3 Å². The zero-order valence-electron chi connectivity index (χ0n) is 16.2. The van der Waals surface area contributed by atoms with E-state index in [0.717, 1.165) is 38.3 Å². The summed E-state index contributed by atoms with van der Waals surface area (Å²) in [7, 11) is 0. The molecular weight excluding hydrogens is 370 g/mol. The number of likely N-dealkylation sites (tertiary alicyclic amines) is 2. The third kappa shape index (κ3) is 6.51. The number of nitrogens with zero attached hydrogens (tertiary/aromatic N) is 2. The summed E-state index contributed by atoms with van der Waals surface area (Å²) in [4.78, 5) is 3.08. The first kappa shape index (κ1) is 22.8. The topological polar surface area (TPSA) is 6.48 Å². The van der Waals surface area contributed by atoms with Crippen molar-refractivity contribution < 1.29 is 26.3 Å². The Bertz CT molecular complexity index is 420. The highest BCUT2D eigenvalue weighted by Crippen LogP contribution is 2.39. The highest BCUT2D eigenvalue weighted by molar-refractivity contribution is 4.88. The molecule has 2 aliphatic heterocycles. The molecule has 0 aromatic heterocycles. The number of halogens is 6. The zero-order chi connectivity index (χ0) is 20.2. The zero-order valence-corrected chi connectivity index (χ0v) is 16.2. The Morgan fingerprint density at radius 3 is 1.74 bits per heavy atom. The number of piperidine rings is 2. The minimum Gasteiger partial charge on any atom is -0.300 e. The first-order chi connectivity index (χ1) is 12.5. The van der Waals surface area contributed by atoms with Gasteiger partial charge in [0.05, 0.1) is 0 Å². The van der Waals surface area contributed by atoms with Crippen molar-refractivity contribution in [2.24, 2.45) is 11.8 Å². The molecule has 0 spiro atoms. The van der Waals surface area contributed by atoms with Gasteiger partial charge >= 0.3 is 12.4 Å². The summed E-state index contributed by atoms with van der Waals surface area (Å²) in [6.45, 7) is 6.34. The standard InChI is InChI=1S/C19H32F6N2/c1-3-16(26-10-6-14(2)7-11-26)5-4-15-8-12-27(13-9-15)17(18(20,21)22)19(23,24)25/h14-17H,3-13H2,1-2H3. The van der Waals surface area contributed by atoms with Crippen molar-refractivity contribution in [2.75, 3.05) is 26.2 Å². The fourth-order valence-electron chi connectivity index (χ4n) is 4.57. The van der Waals surface area contributed by atoms with Gasteiger partial charge in [0.25, 0.3) is 0 Å². The fourth-order valence-corrected chi connectivity index (χ4v) is 4.57. The molecule has 1 atom stereocenters. The lowest BCUT2D eigenvalue weighted by Gasteiger charge is -2.40. The van der Waals surface area contributed by atoms with Gasteiger partial charge < -0.3 is 4.90 Å². The summed E-state index contributed by atoms with van der Waals surface area (Å²) in [5.41, 5.74) is 0. The van der Waals surface area contributed by atoms with Crippen molar-refractivity contribution in [3.8, 4) is 0 Å². The Morgan fingerprint density at radius 2 is 1.30 bits per heavy atom. The SMILES string of the molecule is CCC(CCC1CCN(C(C(F)(F)F)C(F)(F)F)CC1)N1CCC(C)CC1. The van der Waals surface area contributed by atoms with Gasteiger partial charge in [-0.25, -0.2) is 0 Å². The molecule has 0 N–H and O–H groups in total. The second kappa shape index (κ2) is 9.33. The molecule has 2 aliphatic rings. The van der Waals surface area contributed by atoms with Gasteiger partial charge in [-0.05, 0) is 83.0 Å². The van der Waals surface area contributed by atoms with Gasteiger partial charge in [0.15, 0.2) is 0 Å². The van der Waals surface area contributed by atoms with E-state index in [1.807, 2.05) is 0 Å². The lowest BCUT2D eigenvalue weighted by molar-refractivity contribution is -0.289. The first-order valence-electron chi connectivity index (χ1n) is 10.1. The quantitative estimate of drug-likeness (QED) is 0.543. The molecule has 2 nitrogen and oxygen atoms in total. The minimum absolute atomic E-state index is 0.133. The lowest BCUT2D eigenvalue weighted by Crippen LogP contribution is -2.56. The van der Waals surface area contributed by atoms with Crippen molar-refractivity contribution in [1.29, 1.82) is 0 Å². The van der Waals surface area contributed by atoms with Crippen LogP contribution in [0.3, 0.4) is 0 Å². The first-order valence-corrected chi connectivity index (χ1v) is 10.1. The summed E-state index contributed by atoms with van der Waals surface area (Å²) >= 11 is 0. The number of hydrogen-bond acceptors (Lipinski definition) is 2. The average Bonchev–Trinajstić information content (AvgIpc) is 2.56. The lowest BCUT2D eigenvalue weighted by atomic mass is 9.88. The van der Waals surface area contributed by atoms with Crippen molar-refractivity contribution in [2.45, 2.75) is 83.2 Å². The number of alkyl halides is 6. The average molecular weight is 402 g/mol. The van der Waals surface area contributed by atoms with Crippen LogP contribution >= 0.6 is 0 Å². The molecule has 2 rings (SSSR count). The maximum Gasteiger partial charge on any atom is 0.412 e. The van der Waals surface area contributed by atoms with Crippen LogP contribution in [-0.4, -0.2) is 60.4 Å². The molecule has 0 aromatic carbocycles. The largest absolute Gasteiger partial charge is 0.412 e. The van der Waals surface area contributed by atoms with Crippen molar-refractivity contribution in [1.82, 2.24) is 9.80 Å². The van der Waals surface area contributed by atoms with Gasteiger partial charge in [0.2, 0.25) is 6.04 Å². The second-order valence-corrected chi connectivity index (χ2v) is 8.32. The normalized spacial score (nSPS) is 23.9. The van der Waals surface area contributed by atoms with E-state index in [1.54, 1.807) is 0 Å². The Morgan fingerprint density at radius 1 is 0.815 bits per heavy atom. The van der Waals surface area contributed by atoms with Gasteiger partial charge in [-0.1, -0.05) is 13.8 Å². The van der Waals surface area contributed by atoms with Crippen LogP contribution in [0, 0.1) is 11.8 Å². The van der Waals surface area contributed by atoms with Crippen LogP contribution in [0.2, 0.25) is 0 Å². The molecule has 8 heteroatoms. The molecular formula is C19H32F6N2. The van der Waals surface area contributed by atoms with Gasteiger partial charge in [0.1, 0.15) is 0 Å². The summed E-state index contributed by atoms with van der Waals surface area (Å²) < 4.78 is 77.2. The predicted molar refractivity (Wildman–Crippen MR) is 93.5 cm³/mol. The molecule has 0 bridgehead atoms. The van der Waals surface area contributed by atoms with Crippen LogP contribution in [0.1, 0.15) is 58.8 Å². The molecule has 2 fully saturated rings. The van der Waals surface area contributed by atoms with Gasteiger partial charge in [-0.15, -0.1) is 0 Å². The third-order valence-electron chi connectivity index (χ3n) is 6.35. The Hall–Kier alpha value is -0.500. The van der Waals surface area contributed by atoms with Crippen LogP contribution in [-0.2, 0) is 0 Å². The van der Waals surface area contributed by atoms with Crippen molar-refractivity contribution >= 4 is 0 Å². The van der Waals surface area contributed by atoms with Crippen molar-refractivity contribution in [3.05, 3.63) is 0 Å². The van der Waals surface area contributed by atoms with E-state index in [2.05, 4.69) is 18.7 Å². The second-order valence-electron chi connectivity index (χ2n) is 8.32. The molecule has 0 aromatic rings. The van der Waals surface area contributed by atoms with Crippen LogP contribution in [0.5, 0.6) is 0 Å². The van der Waals surface area contributed by atoms with E-state index in [1.165, 1.54) is 12.8 Å². The molecule has 160 valence electrons. The molecule has 0 saturated carbocycles. The van der Waals surface area contributed by atoms with Gasteiger partial charge in [0, 0.05) is 6.04 Å². The summed E-state index contributed by atoms with van der Waals surface area (Å²) in [6.07, 6.45) is -4.41. The van der Waals surface area contributed by atoms with Crippen molar-refractivity contribution in [3.63, 3.8) is 0 Å². The predicted octanol–water partition coefficient (Wildman–Crippen LogP) is 5.48. The summed E-state index contributed by atoms with van der Waals surface area (Å²) in [5, 5.41) is 0. The smallest absolute Gasteiger partial charge is 0.300 e. The van der Waals surface area contributed by atoms with Gasteiger partial charge in [-0.3, -0.25) is 4.90 Å². The molecule has 0 amide bonds. The monoisotopic (exact) mass is 402 g/mol. The van der Waals surface area contributed by atoms with E-state index in [-0.39, 0.29) is 19.0 Å². The molecule has 27 heavy (non-hydrogen) atoms. The molecule has 0 radical (unpaired) electrons. The number of rotatable bonds is 6. The number of hydrogen-bond donors (Lipinski definition) is 0. The minimum atomic E-state index is -5.27. The molecule has 2 saturated heterocycles. The third-order valence-corrected chi connectivity index (χ3v) is 6.35. The Labute approximate surface area is 158 Å². The summed E-state index contributed by atoms with van der Waals surface area (Å²) in [5.74, 6) is 0.986. The van der Waals surface area contributed by atoms with Crippen LogP contribution in [0.25, 0.3) is 0 Å². The highest BCUT2D eigenvalue weighted by Gasteiger charge is 2.59. The molecule has 0 aliphatic carbocycles. The highest BCUT2D eigenvalue weighted by atomic mass is 19.4. The van der Waals surface area contributed by atoms with E-state index in [9.17, 15) is 26.3 Å². The van der Waals surface area contributed by atoms with E-state index < -0.39 is 18.4 Å². The fraction of sp³-hybridized carbons (Fsp3) is 1.00. The maximum atomic E-state index is 12.9. The Balaban J connectivity index is 1.81.